The minimum absolute atomic E-state index is 0.0562. The molecule has 6 nitrogen and oxygen atoms in total. The normalized spacial score (nSPS) is 11.5. The molecule has 2 amide bonds. The molecule has 1 aromatic carbocycles. The molecule has 0 saturated carbocycles. The first kappa shape index (κ1) is 17.6. The Morgan fingerprint density at radius 1 is 1.33 bits per heavy atom. The average molecular weight is 343 g/mol. The van der Waals surface area contributed by atoms with Crippen LogP contribution in [0.25, 0.3) is 10.9 Å². The molecule has 0 radical (unpaired) electrons. The number of H-pyrrole nitrogens is 1. The average Bonchev–Trinajstić information content (AvgIpc) is 2.83. The largest absolute Gasteiger partial charge is 0.497 e. The van der Waals surface area contributed by atoms with Crippen molar-refractivity contribution in [2.75, 3.05) is 13.7 Å². The van der Waals surface area contributed by atoms with E-state index in [2.05, 4.69) is 10.3 Å². The highest BCUT2D eigenvalue weighted by Gasteiger charge is 2.31. The van der Waals surface area contributed by atoms with Gasteiger partial charge in [0.25, 0.3) is 5.91 Å². The van der Waals surface area contributed by atoms with Crippen LogP contribution < -0.4 is 15.8 Å². The topological polar surface area (TPSA) is 97.2 Å². The standard InChI is InChI=1S/C15H16F3N3O3/c1-24-8-2-3-11-10(6-8)9(13(21-11)14(19)23)4-5-20-12(22)7-15(16,17)18/h2-3,6,21H,4-5,7H2,1H3,(H2,19,23)(H,20,22). The van der Waals surface area contributed by atoms with E-state index >= 15 is 0 Å². The summed E-state index contributed by atoms with van der Waals surface area (Å²) in [7, 11) is 1.49. The van der Waals surface area contributed by atoms with Gasteiger partial charge in [0, 0.05) is 17.4 Å². The van der Waals surface area contributed by atoms with E-state index < -0.39 is 24.4 Å². The lowest BCUT2D eigenvalue weighted by molar-refractivity contribution is -0.153. The lowest BCUT2D eigenvalue weighted by Gasteiger charge is -2.08. The summed E-state index contributed by atoms with van der Waals surface area (Å²) in [6, 6.07) is 5.08. The number of amides is 2. The first-order chi connectivity index (χ1) is 11.2. The molecule has 0 aliphatic heterocycles. The summed E-state index contributed by atoms with van der Waals surface area (Å²) in [6.45, 7) is -0.0562. The van der Waals surface area contributed by atoms with Gasteiger partial charge in [-0.3, -0.25) is 9.59 Å². The van der Waals surface area contributed by atoms with Gasteiger partial charge in [-0.1, -0.05) is 0 Å². The summed E-state index contributed by atoms with van der Waals surface area (Å²) in [4.78, 5) is 25.6. The second kappa shape index (κ2) is 6.81. The monoisotopic (exact) mass is 343 g/mol. The van der Waals surface area contributed by atoms with Crippen LogP contribution >= 0.6 is 0 Å². The second-order valence-corrected chi connectivity index (χ2v) is 5.15. The minimum atomic E-state index is -4.56. The van der Waals surface area contributed by atoms with Crippen molar-refractivity contribution in [3.8, 4) is 5.75 Å². The molecule has 2 aromatic rings. The van der Waals surface area contributed by atoms with Crippen LogP contribution in [-0.2, 0) is 11.2 Å². The summed E-state index contributed by atoms with van der Waals surface area (Å²) in [5.41, 5.74) is 6.64. The molecule has 0 atom stereocenters. The number of nitrogens with two attached hydrogens (primary N) is 1. The Kier molecular flexibility index (Phi) is 5.01. The number of primary amides is 1. The smallest absolute Gasteiger partial charge is 0.397 e. The second-order valence-electron chi connectivity index (χ2n) is 5.15. The van der Waals surface area contributed by atoms with Crippen molar-refractivity contribution in [1.82, 2.24) is 10.3 Å². The zero-order valence-electron chi connectivity index (χ0n) is 12.8. The van der Waals surface area contributed by atoms with Crippen LogP contribution in [0, 0.1) is 0 Å². The van der Waals surface area contributed by atoms with Crippen molar-refractivity contribution in [1.29, 1.82) is 0 Å². The van der Waals surface area contributed by atoms with Crippen molar-refractivity contribution in [2.24, 2.45) is 5.73 Å². The van der Waals surface area contributed by atoms with Crippen molar-refractivity contribution < 1.29 is 27.5 Å². The van der Waals surface area contributed by atoms with E-state index in [1.54, 1.807) is 18.2 Å². The van der Waals surface area contributed by atoms with Gasteiger partial charge in [0.2, 0.25) is 5.91 Å². The SMILES string of the molecule is COc1ccc2[nH]c(C(N)=O)c(CCNC(=O)CC(F)(F)F)c2c1. The molecule has 0 aliphatic carbocycles. The lowest BCUT2D eigenvalue weighted by Crippen LogP contribution is -2.30. The van der Waals surface area contributed by atoms with Crippen LogP contribution in [0.4, 0.5) is 13.2 Å². The fraction of sp³-hybridized carbons (Fsp3) is 0.333. The van der Waals surface area contributed by atoms with Gasteiger partial charge < -0.3 is 20.8 Å². The fourth-order valence-corrected chi connectivity index (χ4v) is 2.40. The molecule has 9 heteroatoms. The number of hydrogen-bond acceptors (Lipinski definition) is 3. The molecule has 130 valence electrons. The Hall–Kier alpha value is -2.71. The highest BCUT2D eigenvalue weighted by atomic mass is 19.4. The summed E-state index contributed by atoms with van der Waals surface area (Å²) in [6.07, 6.45) is -5.96. The maximum absolute atomic E-state index is 12.1. The molecule has 4 N–H and O–H groups in total. The van der Waals surface area contributed by atoms with E-state index in [0.717, 1.165) is 0 Å². The van der Waals surface area contributed by atoms with Gasteiger partial charge >= 0.3 is 6.18 Å². The Bertz CT molecular complexity index is 768. The fourth-order valence-electron chi connectivity index (χ4n) is 2.40. The summed E-state index contributed by atoms with van der Waals surface area (Å²) in [5.74, 6) is -1.26. The number of aromatic nitrogens is 1. The number of hydrogen-bond donors (Lipinski definition) is 3. The van der Waals surface area contributed by atoms with Gasteiger partial charge in [0.05, 0.1) is 7.11 Å². The molecular formula is C15H16F3N3O3. The van der Waals surface area contributed by atoms with E-state index in [9.17, 15) is 22.8 Å². The zero-order valence-corrected chi connectivity index (χ0v) is 12.8. The van der Waals surface area contributed by atoms with Crippen LogP contribution in [0.2, 0.25) is 0 Å². The van der Waals surface area contributed by atoms with Gasteiger partial charge in [0.15, 0.2) is 0 Å². The highest BCUT2D eigenvalue weighted by Crippen LogP contribution is 2.27. The molecule has 0 bridgehead atoms. The molecule has 2 rings (SSSR count). The Balaban J connectivity index is 2.19. The maximum Gasteiger partial charge on any atom is 0.397 e. The highest BCUT2D eigenvalue weighted by molar-refractivity contribution is 6.00. The number of alkyl halides is 3. The van der Waals surface area contributed by atoms with Crippen LogP contribution in [-0.4, -0.2) is 36.6 Å². The van der Waals surface area contributed by atoms with Crippen LogP contribution in [0.3, 0.4) is 0 Å². The number of rotatable bonds is 6. The Labute approximate surface area is 135 Å². The van der Waals surface area contributed by atoms with E-state index in [1.165, 1.54) is 7.11 Å². The first-order valence-corrected chi connectivity index (χ1v) is 7.03. The first-order valence-electron chi connectivity index (χ1n) is 7.03. The van der Waals surface area contributed by atoms with Crippen molar-refractivity contribution in [3.05, 3.63) is 29.5 Å². The number of carbonyl (C=O) groups is 2. The van der Waals surface area contributed by atoms with Crippen LogP contribution in [0.1, 0.15) is 22.5 Å². The number of halogens is 3. The van der Waals surface area contributed by atoms with Gasteiger partial charge in [-0.2, -0.15) is 13.2 Å². The number of carbonyl (C=O) groups excluding carboxylic acids is 2. The van der Waals surface area contributed by atoms with Crippen molar-refractivity contribution >= 4 is 22.7 Å². The molecule has 1 aromatic heterocycles. The maximum atomic E-state index is 12.1. The molecule has 1 heterocycles. The molecule has 0 fully saturated rings. The summed E-state index contributed by atoms with van der Waals surface area (Å²) >= 11 is 0. The lowest BCUT2D eigenvalue weighted by atomic mass is 10.1. The number of methoxy groups -OCH3 is 1. The minimum Gasteiger partial charge on any atom is -0.497 e. The molecule has 0 spiro atoms. The van der Waals surface area contributed by atoms with Gasteiger partial charge in [-0.15, -0.1) is 0 Å². The number of nitrogens with one attached hydrogen (secondary N) is 2. The third-order valence-electron chi connectivity index (χ3n) is 3.42. The predicted molar refractivity (Wildman–Crippen MR) is 80.8 cm³/mol. The molecule has 0 unspecified atom stereocenters. The summed E-state index contributed by atoms with van der Waals surface area (Å²) in [5, 5.41) is 2.84. The van der Waals surface area contributed by atoms with E-state index in [0.29, 0.717) is 22.2 Å². The van der Waals surface area contributed by atoms with Gasteiger partial charge in [-0.25, -0.2) is 0 Å². The molecule has 24 heavy (non-hydrogen) atoms. The molecule has 0 aliphatic rings. The quantitative estimate of drug-likeness (QED) is 0.747. The summed E-state index contributed by atoms with van der Waals surface area (Å²) < 4.78 is 41.5. The third kappa shape index (κ3) is 4.18. The number of aromatic amines is 1. The van der Waals surface area contributed by atoms with E-state index in [-0.39, 0.29) is 18.7 Å². The van der Waals surface area contributed by atoms with Crippen molar-refractivity contribution in [2.45, 2.75) is 19.0 Å². The zero-order chi connectivity index (χ0) is 17.9. The van der Waals surface area contributed by atoms with Gasteiger partial charge in [0.1, 0.15) is 17.9 Å². The Morgan fingerprint density at radius 3 is 2.62 bits per heavy atom. The van der Waals surface area contributed by atoms with Gasteiger partial charge in [-0.05, 0) is 30.2 Å². The molecule has 0 saturated heterocycles. The van der Waals surface area contributed by atoms with Crippen molar-refractivity contribution in [3.63, 3.8) is 0 Å². The van der Waals surface area contributed by atoms with E-state index in [4.69, 9.17) is 10.5 Å². The van der Waals surface area contributed by atoms with E-state index in [1.807, 2.05) is 0 Å². The molecular weight excluding hydrogens is 327 g/mol. The van der Waals surface area contributed by atoms with Crippen LogP contribution in [0.5, 0.6) is 5.75 Å². The number of benzene rings is 1. The Morgan fingerprint density at radius 2 is 2.04 bits per heavy atom. The number of fused-ring (bicyclic) bond motifs is 1. The predicted octanol–water partition coefficient (Wildman–Crippen LogP) is 1.89. The number of ether oxygens (including phenoxy) is 1. The van der Waals surface area contributed by atoms with Crippen LogP contribution in [0.15, 0.2) is 18.2 Å². The third-order valence-corrected chi connectivity index (χ3v) is 3.42.